The molecule has 1 aromatic rings. The van der Waals surface area contributed by atoms with Gasteiger partial charge in [-0.3, -0.25) is 0 Å². The number of rotatable bonds is 4. The molecule has 1 fully saturated rings. The van der Waals surface area contributed by atoms with Crippen LogP contribution in [0.1, 0.15) is 44.4 Å². The van der Waals surface area contributed by atoms with Crippen molar-refractivity contribution < 1.29 is 13.5 Å². The topological polar surface area (TPSA) is 57.6 Å². The number of aliphatic hydroxyl groups is 1. The molecule has 0 bridgehead atoms. The number of nitrogens with zero attached hydrogens (tertiary/aromatic N) is 1. The van der Waals surface area contributed by atoms with Gasteiger partial charge in [0.05, 0.1) is 10.4 Å². The highest BCUT2D eigenvalue weighted by atomic mass is 79.9. The van der Waals surface area contributed by atoms with E-state index in [1.807, 2.05) is 0 Å². The minimum Gasteiger partial charge on any atom is -0.391 e. The molecule has 1 aliphatic carbocycles. The molecule has 0 spiro atoms. The van der Waals surface area contributed by atoms with Crippen LogP contribution in [0.5, 0.6) is 0 Å². The van der Waals surface area contributed by atoms with E-state index in [0.29, 0.717) is 14.1 Å². The van der Waals surface area contributed by atoms with Crippen molar-refractivity contribution in [3.63, 3.8) is 0 Å². The van der Waals surface area contributed by atoms with Crippen LogP contribution in [0.25, 0.3) is 0 Å². The van der Waals surface area contributed by atoms with Crippen LogP contribution in [-0.2, 0) is 16.6 Å². The predicted octanol–water partition coefficient (Wildman–Crippen LogP) is 3.59. The van der Waals surface area contributed by atoms with Crippen molar-refractivity contribution in [2.45, 2.75) is 57.1 Å². The van der Waals surface area contributed by atoms with Crippen LogP contribution in [0.2, 0.25) is 0 Å². The molecule has 1 aliphatic rings. The predicted molar refractivity (Wildman–Crippen MR) is 88.9 cm³/mol. The second kappa shape index (κ2) is 6.28. The second-order valence-electron chi connectivity index (χ2n) is 6.43. The summed E-state index contributed by atoms with van der Waals surface area (Å²) in [6.07, 6.45) is 3.89. The summed E-state index contributed by atoms with van der Waals surface area (Å²) in [6.45, 7) is 4.33. The van der Waals surface area contributed by atoms with E-state index in [2.05, 4.69) is 29.8 Å². The fraction of sp³-hybridized carbons (Fsp3) is 0.714. The SMILES string of the molecule is CN(C1CCC(C)(C)CC1)S(=O)(=O)c1cc(CO)sc1Br. The van der Waals surface area contributed by atoms with Gasteiger partial charge in [-0.2, -0.15) is 4.31 Å². The van der Waals surface area contributed by atoms with Crippen LogP contribution >= 0.6 is 27.3 Å². The molecule has 1 saturated carbocycles. The fourth-order valence-corrected chi connectivity index (χ4v) is 6.66. The third kappa shape index (κ3) is 3.69. The van der Waals surface area contributed by atoms with E-state index >= 15 is 0 Å². The number of thiophene rings is 1. The van der Waals surface area contributed by atoms with E-state index in [-0.39, 0.29) is 17.5 Å². The average Bonchev–Trinajstić information content (AvgIpc) is 2.80. The standard InChI is InChI=1S/C14H22BrNO3S2/c1-14(2)6-4-10(5-7-14)16(3)21(18,19)12-8-11(9-17)20-13(12)15/h8,10,17H,4-7,9H2,1-3H3. The fourth-order valence-electron chi connectivity index (χ4n) is 2.75. The first-order valence-electron chi connectivity index (χ1n) is 7.04. The van der Waals surface area contributed by atoms with Crippen LogP contribution in [-0.4, -0.2) is 30.9 Å². The molecule has 7 heteroatoms. The van der Waals surface area contributed by atoms with Crippen molar-refractivity contribution in [2.24, 2.45) is 5.41 Å². The Morgan fingerprint density at radius 2 is 2.00 bits per heavy atom. The highest BCUT2D eigenvalue weighted by molar-refractivity contribution is 9.11. The summed E-state index contributed by atoms with van der Waals surface area (Å²) in [5.41, 5.74) is 0.314. The molecule has 0 amide bonds. The van der Waals surface area contributed by atoms with Gasteiger partial charge in [-0.1, -0.05) is 13.8 Å². The summed E-state index contributed by atoms with van der Waals surface area (Å²) in [4.78, 5) is 0.919. The molecule has 4 nitrogen and oxygen atoms in total. The van der Waals surface area contributed by atoms with E-state index in [0.717, 1.165) is 25.7 Å². The number of sulfonamides is 1. The smallest absolute Gasteiger partial charge is 0.245 e. The van der Waals surface area contributed by atoms with Crippen LogP contribution in [0.3, 0.4) is 0 Å². The zero-order valence-electron chi connectivity index (χ0n) is 12.6. The summed E-state index contributed by atoms with van der Waals surface area (Å²) in [6, 6.07) is 1.63. The monoisotopic (exact) mass is 395 g/mol. The minimum atomic E-state index is -3.51. The third-order valence-electron chi connectivity index (χ3n) is 4.34. The first-order chi connectivity index (χ1) is 9.67. The molecule has 1 aromatic heterocycles. The van der Waals surface area contributed by atoms with Gasteiger partial charge in [0.25, 0.3) is 0 Å². The third-order valence-corrected chi connectivity index (χ3v) is 8.49. The average molecular weight is 396 g/mol. The van der Waals surface area contributed by atoms with E-state index in [4.69, 9.17) is 5.11 Å². The maximum absolute atomic E-state index is 12.8. The Hall–Kier alpha value is 0.0500. The summed E-state index contributed by atoms with van der Waals surface area (Å²) in [5.74, 6) is 0. The molecule has 0 unspecified atom stereocenters. The lowest BCUT2D eigenvalue weighted by atomic mass is 9.76. The molecule has 0 atom stereocenters. The van der Waals surface area contributed by atoms with Gasteiger partial charge in [-0.05, 0) is 53.1 Å². The molecule has 120 valence electrons. The molecule has 0 saturated heterocycles. The Morgan fingerprint density at radius 3 is 2.48 bits per heavy atom. The number of aliphatic hydroxyl groups excluding tert-OH is 1. The molecule has 21 heavy (non-hydrogen) atoms. The van der Waals surface area contributed by atoms with Gasteiger partial charge < -0.3 is 5.11 Å². The number of hydrogen-bond donors (Lipinski definition) is 1. The highest BCUT2D eigenvalue weighted by Crippen LogP contribution is 2.39. The Morgan fingerprint density at radius 1 is 1.43 bits per heavy atom. The lowest BCUT2D eigenvalue weighted by Crippen LogP contribution is -2.40. The minimum absolute atomic E-state index is 0.0624. The van der Waals surface area contributed by atoms with Crippen LogP contribution in [0.15, 0.2) is 14.7 Å². The zero-order chi connectivity index (χ0) is 15.8. The van der Waals surface area contributed by atoms with Crippen LogP contribution < -0.4 is 0 Å². The summed E-state index contributed by atoms with van der Waals surface area (Å²) >= 11 is 4.57. The van der Waals surface area contributed by atoms with Crippen molar-refractivity contribution in [3.8, 4) is 0 Å². The quantitative estimate of drug-likeness (QED) is 0.846. The Bertz CT molecular complexity index is 600. The second-order valence-corrected chi connectivity index (χ2v) is 10.8. The summed E-state index contributed by atoms with van der Waals surface area (Å²) in [5, 5.41) is 9.17. The molecular weight excluding hydrogens is 374 g/mol. The van der Waals surface area contributed by atoms with Crippen molar-refractivity contribution in [3.05, 3.63) is 14.7 Å². The van der Waals surface area contributed by atoms with Gasteiger partial charge in [0.1, 0.15) is 4.90 Å². The van der Waals surface area contributed by atoms with E-state index < -0.39 is 10.0 Å². The molecular formula is C14H22BrNO3S2. The van der Waals surface area contributed by atoms with E-state index in [9.17, 15) is 8.42 Å². The summed E-state index contributed by atoms with van der Waals surface area (Å²) < 4.78 is 27.6. The van der Waals surface area contributed by atoms with Gasteiger partial charge in [-0.25, -0.2) is 8.42 Å². The Balaban J connectivity index is 2.21. The maximum Gasteiger partial charge on any atom is 0.245 e. The summed E-state index contributed by atoms with van der Waals surface area (Å²) in [7, 11) is -1.84. The van der Waals surface area contributed by atoms with E-state index in [1.54, 1.807) is 13.1 Å². The Kier molecular flexibility index (Phi) is 5.20. The van der Waals surface area contributed by atoms with Crippen molar-refractivity contribution >= 4 is 37.3 Å². The van der Waals surface area contributed by atoms with Crippen molar-refractivity contribution in [2.75, 3.05) is 7.05 Å². The number of hydrogen-bond acceptors (Lipinski definition) is 4. The molecule has 2 rings (SSSR count). The maximum atomic E-state index is 12.8. The van der Waals surface area contributed by atoms with Gasteiger partial charge in [0.2, 0.25) is 10.0 Å². The van der Waals surface area contributed by atoms with Gasteiger partial charge >= 0.3 is 0 Å². The zero-order valence-corrected chi connectivity index (χ0v) is 15.8. The van der Waals surface area contributed by atoms with Gasteiger partial charge in [-0.15, -0.1) is 11.3 Å². The van der Waals surface area contributed by atoms with Crippen LogP contribution in [0, 0.1) is 5.41 Å². The Labute approximate surface area is 139 Å². The molecule has 0 aromatic carbocycles. The van der Waals surface area contributed by atoms with Gasteiger partial charge in [0, 0.05) is 18.0 Å². The first kappa shape index (κ1) is 17.4. The lowest BCUT2D eigenvalue weighted by molar-refractivity contribution is 0.174. The lowest BCUT2D eigenvalue weighted by Gasteiger charge is -2.37. The normalized spacial score (nSPS) is 20.1. The largest absolute Gasteiger partial charge is 0.391 e. The van der Waals surface area contributed by atoms with Crippen LogP contribution in [0.4, 0.5) is 0 Å². The molecule has 1 N–H and O–H groups in total. The molecule has 0 radical (unpaired) electrons. The first-order valence-corrected chi connectivity index (χ1v) is 10.1. The highest BCUT2D eigenvalue weighted by Gasteiger charge is 2.35. The molecule has 0 aliphatic heterocycles. The van der Waals surface area contributed by atoms with E-state index in [1.165, 1.54) is 15.6 Å². The van der Waals surface area contributed by atoms with Crippen molar-refractivity contribution in [1.29, 1.82) is 0 Å². The number of halogens is 1. The molecule has 1 heterocycles. The van der Waals surface area contributed by atoms with Crippen molar-refractivity contribution in [1.82, 2.24) is 4.31 Å². The van der Waals surface area contributed by atoms with Gasteiger partial charge in [0.15, 0.2) is 0 Å².